The predicted octanol–water partition coefficient (Wildman–Crippen LogP) is 3.84. The van der Waals surface area contributed by atoms with Gasteiger partial charge < -0.3 is 10.6 Å². The fraction of sp³-hybridized carbons (Fsp3) is 0.176. The summed E-state index contributed by atoms with van der Waals surface area (Å²) in [4.78, 5) is 23.5. The van der Waals surface area contributed by atoms with E-state index < -0.39 is 72.1 Å². The van der Waals surface area contributed by atoms with Crippen molar-refractivity contribution in [3.05, 3.63) is 53.3 Å². The molecule has 2 N–H and O–H groups in total. The molecule has 3 rings (SSSR count). The molecule has 3 amide bonds. The molecule has 0 saturated heterocycles. The average molecular weight is 467 g/mol. The molecule has 1 heterocycles. The van der Waals surface area contributed by atoms with Gasteiger partial charge in [0.2, 0.25) is 0 Å². The maximum absolute atomic E-state index is 13.3. The molecule has 1 aliphatic rings. The first-order valence-electron chi connectivity index (χ1n) is 8.25. The Bertz CT molecular complexity index is 1180. The monoisotopic (exact) mass is 467 g/mol. The van der Waals surface area contributed by atoms with Crippen molar-refractivity contribution in [3.63, 3.8) is 0 Å². The van der Waals surface area contributed by atoms with Gasteiger partial charge in [0, 0.05) is 23.4 Å². The van der Waals surface area contributed by atoms with Crippen LogP contribution in [0.1, 0.15) is 17.3 Å². The zero-order chi connectivity index (χ0) is 23.3. The van der Waals surface area contributed by atoms with Crippen molar-refractivity contribution in [2.45, 2.75) is 24.0 Å². The second-order valence-corrected chi connectivity index (χ2v) is 8.15. The van der Waals surface area contributed by atoms with Crippen LogP contribution in [0, 0.1) is 17.5 Å². The Morgan fingerprint density at radius 1 is 1.10 bits per heavy atom. The van der Waals surface area contributed by atoms with Gasteiger partial charge in [-0.05, 0) is 25.1 Å². The van der Waals surface area contributed by atoms with E-state index in [0.29, 0.717) is 25.1 Å². The van der Waals surface area contributed by atoms with Crippen molar-refractivity contribution in [2.75, 3.05) is 10.6 Å². The van der Waals surface area contributed by atoms with E-state index in [1.165, 1.54) is 0 Å². The molecule has 2 aromatic rings. The highest BCUT2D eigenvalue weighted by Gasteiger charge is 2.50. The van der Waals surface area contributed by atoms with E-state index in [0.717, 1.165) is 12.1 Å². The van der Waals surface area contributed by atoms with Crippen LogP contribution in [0.4, 0.5) is 42.5 Å². The molecule has 1 aliphatic heterocycles. The Labute approximate surface area is 170 Å². The van der Waals surface area contributed by atoms with Crippen LogP contribution >= 0.6 is 0 Å². The lowest BCUT2D eigenvalue weighted by molar-refractivity contribution is -0.161. The Kier molecular flexibility index (Phi) is 5.38. The van der Waals surface area contributed by atoms with E-state index in [-0.39, 0.29) is 5.69 Å². The molecular weight excluding hydrogens is 456 g/mol. The molecule has 31 heavy (non-hydrogen) atoms. The van der Waals surface area contributed by atoms with Gasteiger partial charge in [-0.15, -0.1) is 0 Å². The van der Waals surface area contributed by atoms with Gasteiger partial charge in [-0.2, -0.15) is 13.2 Å². The topological polar surface area (TPSA) is 95.6 Å². The predicted molar refractivity (Wildman–Crippen MR) is 94.3 cm³/mol. The third kappa shape index (κ3) is 4.02. The van der Waals surface area contributed by atoms with Crippen LogP contribution in [0.3, 0.4) is 0 Å². The number of sulfonamides is 1. The van der Waals surface area contributed by atoms with Gasteiger partial charge in [0.15, 0.2) is 17.5 Å². The summed E-state index contributed by atoms with van der Waals surface area (Å²) < 4.78 is 104. The van der Waals surface area contributed by atoms with Crippen molar-refractivity contribution >= 4 is 33.3 Å². The molecule has 166 valence electrons. The Hall–Kier alpha value is -3.29. The van der Waals surface area contributed by atoms with Crippen molar-refractivity contribution in [2.24, 2.45) is 0 Å². The number of hydrogen-bond acceptors (Lipinski definition) is 4. The summed E-state index contributed by atoms with van der Waals surface area (Å²) >= 11 is 0. The molecular formula is C17H11F6N3O4S. The smallest absolute Gasteiger partial charge is 0.322 e. The van der Waals surface area contributed by atoms with E-state index in [1.54, 1.807) is 0 Å². The van der Waals surface area contributed by atoms with Crippen LogP contribution < -0.4 is 10.6 Å². The first kappa shape index (κ1) is 22.4. The van der Waals surface area contributed by atoms with Crippen molar-refractivity contribution < 1.29 is 44.3 Å². The summed E-state index contributed by atoms with van der Waals surface area (Å²) in [5.74, 6) is -6.06. The van der Waals surface area contributed by atoms with E-state index in [1.807, 2.05) is 10.6 Å². The van der Waals surface area contributed by atoms with Gasteiger partial charge in [-0.25, -0.2) is 30.7 Å². The second kappa shape index (κ2) is 7.44. The number of hydrogen-bond donors (Lipinski definition) is 2. The molecule has 2 aromatic carbocycles. The highest BCUT2D eigenvalue weighted by Crippen LogP contribution is 2.36. The van der Waals surface area contributed by atoms with Crippen LogP contribution in [0.25, 0.3) is 0 Å². The quantitative estimate of drug-likeness (QED) is 0.530. The number of amides is 3. The van der Waals surface area contributed by atoms with Crippen LogP contribution in [0.15, 0.2) is 35.2 Å². The largest absolute Gasteiger partial charge is 0.409 e. The fourth-order valence-electron chi connectivity index (χ4n) is 2.71. The Balaban J connectivity index is 1.98. The fourth-order valence-corrected chi connectivity index (χ4v) is 4.40. The SMILES string of the molecule is C[C@@H](N1C(=O)Nc2ccc(C(=O)Nc3cc(F)c(F)c(F)c3)cc2S1(=O)=O)C(F)(F)F. The van der Waals surface area contributed by atoms with Crippen LogP contribution in [0.2, 0.25) is 0 Å². The maximum atomic E-state index is 13.3. The number of benzene rings is 2. The molecule has 0 bridgehead atoms. The summed E-state index contributed by atoms with van der Waals surface area (Å²) in [7, 11) is -5.01. The summed E-state index contributed by atoms with van der Waals surface area (Å²) in [6.07, 6.45) is -5.06. The minimum absolute atomic E-state index is 0.369. The first-order chi connectivity index (χ1) is 14.2. The molecule has 0 aromatic heterocycles. The lowest BCUT2D eigenvalue weighted by atomic mass is 10.2. The normalized spacial score (nSPS) is 16.4. The standard InChI is InChI=1S/C17H11F6N3O4S/c1-7(17(21,22)23)26-16(28)25-12-3-2-8(4-13(12)31(26,29)30)15(27)24-9-5-10(18)14(20)11(19)6-9/h2-7H,1H3,(H,24,27)(H,25,28)/t7-/m1/s1. The van der Waals surface area contributed by atoms with Crippen molar-refractivity contribution in [1.82, 2.24) is 4.31 Å². The van der Waals surface area contributed by atoms with Gasteiger partial charge in [-0.3, -0.25) is 4.79 Å². The van der Waals surface area contributed by atoms with Gasteiger partial charge >= 0.3 is 12.2 Å². The number of halogens is 6. The highest BCUT2D eigenvalue weighted by atomic mass is 32.2. The molecule has 0 spiro atoms. The number of rotatable bonds is 3. The van der Waals surface area contributed by atoms with E-state index >= 15 is 0 Å². The van der Waals surface area contributed by atoms with Crippen molar-refractivity contribution in [3.8, 4) is 0 Å². The lowest BCUT2D eigenvalue weighted by Gasteiger charge is -2.33. The summed E-state index contributed by atoms with van der Waals surface area (Å²) in [5, 5.41) is 4.00. The van der Waals surface area contributed by atoms with Crippen LogP contribution in [-0.2, 0) is 10.0 Å². The highest BCUT2D eigenvalue weighted by molar-refractivity contribution is 7.90. The molecule has 0 unspecified atom stereocenters. The molecule has 7 nitrogen and oxygen atoms in total. The summed E-state index contributed by atoms with van der Waals surface area (Å²) in [6.45, 7) is 0.469. The van der Waals surface area contributed by atoms with Gasteiger partial charge in [0.05, 0.1) is 5.69 Å². The third-order valence-electron chi connectivity index (χ3n) is 4.29. The molecule has 1 atom stereocenters. The summed E-state index contributed by atoms with van der Waals surface area (Å²) in [5.41, 5.74) is -1.29. The van der Waals surface area contributed by atoms with E-state index in [2.05, 4.69) is 0 Å². The molecule has 0 fully saturated rings. The molecule has 0 aliphatic carbocycles. The third-order valence-corrected chi connectivity index (χ3v) is 6.18. The molecule has 0 radical (unpaired) electrons. The Morgan fingerprint density at radius 2 is 1.68 bits per heavy atom. The van der Waals surface area contributed by atoms with Crippen LogP contribution in [0.5, 0.6) is 0 Å². The molecule has 0 saturated carbocycles. The van der Waals surface area contributed by atoms with Gasteiger partial charge in [0.1, 0.15) is 10.9 Å². The number of carbonyl (C=O) groups is 2. The van der Waals surface area contributed by atoms with Gasteiger partial charge in [0.25, 0.3) is 15.9 Å². The lowest BCUT2D eigenvalue weighted by Crippen LogP contribution is -2.53. The molecule has 14 heteroatoms. The van der Waals surface area contributed by atoms with Crippen molar-refractivity contribution in [1.29, 1.82) is 0 Å². The van der Waals surface area contributed by atoms with E-state index in [4.69, 9.17) is 0 Å². The van der Waals surface area contributed by atoms with Gasteiger partial charge in [-0.1, -0.05) is 0 Å². The van der Waals surface area contributed by atoms with Crippen LogP contribution in [-0.4, -0.2) is 36.9 Å². The van der Waals surface area contributed by atoms with E-state index in [9.17, 15) is 44.3 Å². The maximum Gasteiger partial charge on any atom is 0.409 e. The number of alkyl halides is 3. The average Bonchev–Trinajstić information content (AvgIpc) is 2.64. The first-order valence-corrected chi connectivity index (χ1v) is 9.69. The Morgan fingerprint density at radius 3 is 2.23 bits per heavy atom. The minimum atomic E-state index is -5.06. The zero-order valence-corrected chi connectivity index (χ0v) is 16.0. The number of urea groups is 1. The number of nitrogens with zero attached hydrogens (tertiary/aromatic N) is 1. The summed E-state index contributed by atoms with van der Waals surface area (Å²) in [6, 6.07) is -0.632. The second-order valence-electron chi connectivity index (χ2n) is 6.37. The number of fused-ring (bicyclic) bond motifs is 1. The zero-order valence-electron chi connectivity index (χ0n) is 15.2. The minimum Gasteiger partial charge on any atom is -0.322 e. The number of nitrogens with one attached hydrogen (secondary N) is 2. The number of anilines is 2. The number of carbonyl (C=O) groups excluding carboxylic acids is 2.